The van der Waals surface area contributed by atoms with Crippen molar-refractivity contribution in [1.82, 2.24) is 4.57 Å². The summed E-state index contributed by atoms with van der Waals surface area (Å²) in [5, 5.41) is 0. The summed E-state index contributed by atoms with van der Waals surface area (Å²) in [7, 11) is 3.20. The quantitative estimate of drug-likeness (QED) is 0.465. The molecule has 1 rings (SSSR count). The largest absolute Gasteiger partial charge is 0.460 e. The lowest BCUT2D eigenvalue weighted by atomic mass is 10.5. The number of ether oxygens (including phenoxy) is 1. The van der Waals surface area contributed by atoms with Crippen LogP contribution < -0.4 is 4.57 Å². The van der Waals surface area contributed by atoms with E-state index >= 15 is 0 Å². The van der Waals surface area contributed by atoms with E-state index in [1.165, 1.54) is 7.11 Å². The summed E-state index contributed by atoms with van der Waals surface area (Å²) in [5.41, 5.74) is 0. The van der Waals surface area contributed by atoms with Gasteiger partial charge in [0.1, 0.15) is 12.4 Å². The van der Waals surface area contributed by atoms with Gasteiger partial charge >= 0.3 is 11.8 Å². The highest BCUT2D eigenvalue weighted by Crippen LogP contribution is 1.96. The fourth-order valence-electron chi connectivity index (χ4n) is 1.13. The maximum Gasteiger partial charge on any atom is 0.421 e. The third kappa shape index (κ3) is 1.32. The van der Waals surface area contributed by atoms with E-state index in [-0.39, 0.29) is 5.97 Å². The molecule has 0 bridgehead atoms. The summed E-state index contributed by atoms with van der Waals surface area (Å²) in [6, 6.07) is 0. The molecule has 0 aromatic carbocycles. The van der Waals surface area contributed by atoms with E-state index in [4.69, 9.17) is 0 Å². The maximum absolute atomic E-state index is 11.2. The average molecular weight is 169 g/mol. The highest BCUT2D eigenvalue weighted by Gasteiger charge is 2.22. The first-order valence-corrected chi connectivity index (χ1v) is 3.83. The van der Waals surface area contributed by atoms with Gasteiger partial charge in [-0.1, -0.05) is 0 Å². The van der Waals surface area contributed by atoms with Crippen LogP contribution >= 0.6 is 0 Å². The molecule has 66 valence electrons. The Labute approximate surface area is 71.4 Å². The number of esters is 1. The molecule has 0 unspecified atom stereocenters. The summed E-state index contributed by atoms with van der Waals surface area (Å²) in [6.45, 7) is 2.75. The average Bonchev–Trinajstić information content (AvgIpc) is 2.45. The number of methoxy groups -OCH3 is 1. The van der Waals surface area contributed by atoms with E-state index < -0.39 is 0 Å². The Bertz CT molecular complexity index is 291. The van der Waals surface area contributed by atoms with E-state index in [0.29, 0.717) is 5.82 Å². The van der Waals surface area contributed by atoms with Gasteiger partial charge in [-0.05, 0) is 6.92 Å². The third-order valence-corrected chi connectivity index (χ3v) is 1.79. The van der Waals surface area contributed by atoms with Crippen molar-refractivity contribution in [2.24, 2.45) is 7.05 Å². The molecule has 0 aliphatic rings. The molecule has 0 atom stereocenters. The zero-order valence-electron chi connectivity index (χ0n) is 7.57. The van der Waals surface area contributed by atoms with Gasteiger partial charge in [-0.3, -0.25) is 0 Å². The minimum Gasteiger partial charge on any atom is -0.460 e. The standard InChI is InChI=1S/C8H13N2O2/c1-4-10-6-5-9(2)7(10)8(11)12-3/h5-6H,4H2,1-3H3/q+1. The van der Waals surface area contributed by atoms with Gasteiger partial charge in [0.15, 0.2) is 0 Å². The van der Waals surface area contributed by atoms with Gasteiger partial charge in [0.05, 0.1) is 20.7 Å². The molecule has 4 heteroatoms. The summed E-state index contributed by atoms with van der Waals surface area (Å²) in [4.78, 5) is 11.2. The van der Waals surface area contributed by atoms with Crippen LogP contribution in [0.15, 0.2) is 12.4 Å². The van der Waals surface area contributed by atoms with Crippen molar-refractivity contribution in [3.05, 3.63) is 18.2 Å². The molecule has 1 heterocycles. The summed E-state index contributed by atoms with van der Waals surface area (Å²) in [5.74, 6) is 0.268. The van der Waals surface area contributed by atoms with E-state index in [1.807, 2.05) is 30.9 Å². The van der Waals surface area contributed by atoms with Crippen molar-refractivity contribution in [3.8, 4) is 0 Å². The zero-order valence-corrected chi connectivity index (χ0v) is 7.57. The van der Waals surface area contributed by atoms with Crippen LogP contribution in [-0.2, 0) is 18.3 Å². The van der Waals surface area contributed by atoms with Crippen LogP contribution in [0.3, 0.4) is 0 Å². The first-order chi connectivity index (χ1) is 5.70. The Morgan fingerprint density at radius 1 is 1.75 bits per heavy atom. The van der Waals surface area contributed by atoms with Crippen LogP contribution in [0.4, 0.5) is 0 Å². The Balaban J connectivity index is 3.10. The molecule has 0 saturated heterocycles. The molecule has 4 nitrogen and oxygen atoms in total. The van der Waals surface area contributed by atoms with Crippen molar-refractivity contribution in [2.75, 3.05) is 7.11 Å². The molecule has 1 aromatic heterocycles. The fourth-order valence-corrected chi connectivity index (χ4v) is 1.13. The van der Waals surface area contributed by atoms with Crippen molar-refractivity contribution < 1.29 is 14.1 Å². The maximum atomic E-state index is 11.2. The summed E-state index contributed by atoms with van der Waals surface area (Å²) < 4.78 is 8.22. The van der Waals surface area contributed by atoms with E-state index in [1.54, 1.807) is 4.57 Å². The highest BCUT2D eigenvalue weighted by atomic mass is 16.5. The van der Waals surface area contributed by atoms with Crippen molar-refractivity contribution >= 4 is 5.97 Å². The number of nitrogens with zero attached hydrogens (tertiary/aromatic N) is 2. The molecule has 0 spiro atoms. The lowest BCUT2D eigenvalue weighted by Gasteiger charge is -1.96. The smallest absolute Gasteiger partial charge is 0.421 e. The number of aryl methyl sites for hydroxylation is 2. The van der Waals surface area contributed by atoms with Crippen LogP contribution in [0.25, 0.3) is 0 Å². The number of hydrogen-bond acceptors (Lipinski definition) is 2. The van der Waals surface area contributed by atoms with Crippen LogP contribution in [-0.4, -0.2) is 17.6 Å². The van der Waals surface area contributed by atoms with Crippen LogP contribution in [0.5, 0.6) is 0 Å². The second-order valence-electron chi connectivity index (χ2n) is 2.51. The predicted octanol–water partition coefficient (Wildman–Crippen LogP) is 0.119. The van der Waals surface area contributed by atoms with Crippen molar-refractivity contribution in [1.29, 1.82) is 0 Å². The minimum absolute atomic E-state index is 0.302. The van der Waals surface area contributed by atoms with Crippen molar-refractivity contribution in [3.63, 3.8) is 0 Å². The highest BCUT2D eigenvalue weighted by molar-refractivity contribution is 5.83. The lowest BCUT2D eigenvalue weighted by molar-refractivity contribution is -0.673. The summed E-state index contributed by atoms with van der Waals surface area (Å²) >= 11 is 0. The molecule has 0 saturated carbocycles. The Kier molecular flexibility index (Phi) is 2.47. The van der Waals surface area contributed by atoms with Crippen molar-refractivity contribution in [2.45, 2.75) is 13.5 Å². The second-order valence-corrected chi connectivity index (χ2v) is 2.51. The number of carbonyl (C=O) groups is 1. The van der Waals surface area contributed by atoms with Gasteiger partial charge in [0, 0.05) is 0 Å². The molecule has 0 aliphatic heterocycles. The second kappa shape index (κ2) is 3.38. The molecule has 0 radical (unpaired) electrons. The number of aromatic nitrogens is 2. The molecule has 0 aliphatic carbocycles. The number of rotatable bonds is 2. The molecular weight excluding hydrogens is 156 g/mol. The Hall–Kier alpha value is -1.32. The van der Waals surface area contributed by atoms with E-state index in [2.05, 4.69) is 4.74 Å². The van der Waals surface area contributed by atoms with Crippen LogP contribution in [0.2, 0.25) is 0 Å². The van der Waals surface area contributed by atoms with E-state index in [9.17, 15) is 4.79 Å². The normalized spacial score (nSPS) is 9.92. The van der Waals surface area contributed by atoms with Gasteiger partial charge < -0.3 is 4.74 Å². The Morgan fingerprint density at radius 2 is 2.42 bits per heavy atom. The van der Waals surface area contributed by atoms with Gasteiger partial charge in [-0.25, -0.2) is 13.9 Å². The number of imidazole rings is 1. The molecule has 12 heavy (non-hydrogen) atoms. The zero-order chi connectivity index (χ0) is 9.14. The SMILES string of the molecule is CCn1cc[n+](C)c1C(=O)OC. The Morgan fingerprint density at radius 3 is 2.92 bits per heavy atom. The molecule has 0 fully saturated rings. The first kappa shape index (κ1) is 8.77. The predicted molar refractivity (Wildman–Crippen MR) is 42.6 cm³/mol. The lowest BCUT2D eigenvalue weighted by Crippen LogP contribution is -2.35. The van der Waals surface area contributed by atoms with Crippen LogP contribution in [0, 0.1) is 0 Å². The number of hydrogen-bond donors (Lipinski definition) is 0. The molecule has 0 N–H and O–H groups in total. The fraction of sp³-hybridized carbons (Fsp3) is 0.500. The topological polar surface area (TPSA) is 35.1 Å². The van der Waals surface area contributed by atoms with Gasteiger partial charge in [-0.2, -0.15) is 0 Å². The van der Waals surface area contributed by atoms with Crippen LogP contribution in [0.1, 0.15) is 17.5 Å². The summed E-state index contributed by atoms with van der Waals surface area (Å²) in [6.07, 6.45) is 3.68. The van der Waals surface area contributed by atoms with Gasteiger partial charge in [-0.15, -0.1) is 0 Å². The monoisotopic (exact) mass is 169 g/mol. The molecular formula is C8H13N2O2+. The first-order valence-electron chi connectivity index (χ1n) is 3.83. The van der Waals surface area contributed by atoms with Gasteiger partial charge in [0.2, 0.25) is 0 Å². The molecule has 0 amide bonds. The number of carbonyl (C=O) groups excluding carboxylic acids is 1. The van der Waals surface area contributed by atoms with E-state index in [0.717, 1.165) is 6.54 Å². The minimum atomic E-state index is -0.302. The third-order valence-electron chi connectivity index (χ3n) is 1.79. The molecule has 1 aromatic rings. The van der Waals surface area contributed by atoms with Gasteiger partial charge in [0.25, 0.3) is 0 Å².